The Balaban J connectivity index is 2.19. The Labute approximate surface area is 104 Å². The van der Waals surface area contributed by atoms with Gasteiger partial charge in [0.15, 0.2) is 5.78 Å². The lowest BCUT2D eigenvalue weighted by atomic mass is 9.92. The van der Waals surface area contributed by atoms with Gasteiger partial charge in [-0.15, -0.1) is 0 Å². The number of carbonyl (C=O) groups is 1. The highest BCUT2D eigenvalue weighted by Crippen LogP contribution is 2.22. The van der Waals surface area contributed by atoms with Crippen molar-refractivity contribution in [2.45, 2.75) is 45.4 Å². The van der Waals surface area contributed by atoms with Crippen LogP contribution < -0.4 is 0 Å². The third kappa shape index (κ3) is 3.29. The topological polar surface area (TPSA) is 17.1 Å². The number of Topliss-reactive ketones (excluding diaryl/α,β-unsaturated/α-hetero) is 1. The zero-order valence-corrected chi connectivity index (χ0v) is 10.5. The molecule has 0 aliphatic heterocycles. The molecule has 1 fully saturated rings. The van der Waals surface area contributed by atoms with Crippen molar-refractivity contribution in [2.75, 3.05) is 0 Å². The molecule has 0 unspecified atom stereocenters. The minimum absolute atomic E-state index is 0.345. The fourth-order valence-electron chi connectivity index (χ4n) is 2.38. The maximum absolute atomic E-state index is 11.7. The van der Waals surface area contributed by atoms with Crippen LogP contribution in [0.25, 0.3) is 6.08 Å². The summed E-state index contributed by atoms with van der Waals surface area (Å²) in [6, 6.07) is 8.55. The molecule has 1 aliphatic carbocycles. The number of ketones is 1. The Bertz CT molecular complexity index is 429. The van der Waals surface area contributed by atoms with Gasteiger partial charge in [0.2, 0.25) is 0 Å². The molecule has 0 atom stereocenters. The van der Waals surface area contributed by atoms with Gasteiger partial charge in [-0.25, -0.2) is 0 Å². The average molecular weight is 228 g/mol. The second-order valence-corrected chi connectivity index (χ2v) is 4.79. The highest BCUT2D eigenvalue weighted by Gasteiger charge is 2.14. The van der Waals surface area contributed by atoms with Gasteiger partial charge in [-0.3, -0.25) is 4.79 Å². The first-order valence-corrected chi connectivity index (χ1v) is 6.62. The lowest BCUT2D eigenvalue weighted by Gasteiger charge is -2.12. The third-order valence-electron chi connectivity index (χ3n) is 3.29. The summed E-state index contributed by atoms with van der Waals surface area (Å²) in [6.45, 7) is 2.19. The smallest absolute Gasteiger partial charge is 0.158 e. The molecule has 0 radical (unpaired) electrons. The molecule has 2 rings (SSSR count). The van der Waals surface area contributed by atoms with E-state index in [0.717, 1.165) is 37.7 Å². The quantitative estimate of drug-likeness (QED) is 0.710. The first kappa shape index (κ1) is 12.1. The van der Waals surface area contributed by atoms with Crippen molar-refractivity contribution in [3.05, 3.63) is 41.0 Å². The van der Waals surface area contributed by atoms with E-state index in [9.17, 15) is 4.79 Å². The summed E-state index contributed by atoms with van der Waals surface area (Å²) in [7, 11) is 0. The second-order valence-electron chi connectivity index (χ2n) is 4.79. The van der Waals surface area contributed by atoms with E-state index in [2.05, 4.69) is 37.3 Å². The summed E-state index contributed by atoms with van der Waals surface area (Å²) in [5.41, 5.74) is 3.57. The zero-order valence-electron chi connectivity index (χ0n) is 10.5. The summed E-state index contributed by atoms with van der Waals surface area (Å²) in [4.78, 5) is 11.7. The molecular weight excluding hydrogens is 208 g/mol. The Morgan fingerprint density at radius 2 is 2.06 bits per heavy atom. The molecule has 0 heterocycles. The maximum Gasteiger partial charge on any atom is 0.158 e. The van der Waals surface area contributed by atoms with E-state index in [-0.39, 0.29) is 0 Å². The van der Waals surface area contributed by atoms with Gasteiger partial charge in [0.1, 0.15) is 0 Å². The minimum Gasteiger partial charge on any atom is -0.295 e. The fourth-order valence-corrected chi connectivity index (χ4v) is 2.38. The van der Waals surface area contributed by atoms with Crippen LogP contribution in [0.5, 0.6) is 0 Å². The van der Waals surface area contributed by atoms with Gasteiger partial charge in [0.05, 0.1) is 0 Å². The van der Waals surface area contributed by atoms with Crippen LogP contribution in [0.15, 0.2) is 29.8 Å². The summed E-state index contributed by atoms with van der Waals surface area (Å²) in [5, 5.41) is 0. The van der Waals surface area contributed by atoms with Gasteiger partial charge in [-0.05, 0) is 48.5 Å². The second kappa shape index (κ2) is 5.81. The third-order valence-corrected chi connectivity index (χ3v) is 3.29. The number of carbonyl (C=O) groups excluding carboxylic acids is 1. The van der Waals surface area contributed by atoms with Crippen LogP contribution in [-0.4, -0.2) is 5.78 Å². The molecule has 1 saturated carbocycles. The van der Waals surface area contributed by atoms with Crippen LogP contribution in [0.3, 0.4) is 0 Å². The molecule has 0 aromatic heterocycles. The molecule has 90 valence electrons. The summed E-state index contributed by atoms with van der Waals surface area (Å²) >= 11 is 0. The molecule has 1 aromatic rings. The molecule has 0 spiro atoms. The molecule has 1 nitrogen and oxygen atoms in total. The normalized spacial score (nSPS) is 18.6. The van der Waals surface area contributed by atoms with Crippen molar-refractivity contribution in [3.8, 4) is 0 Å². The van der Waals surface area contributed by atoms with Crippen molar-refractivity contribution in [2.24, 2.45) is 0 Å². The van der Waals surface area contributed by atoms with Crippen molar-refractivity contribution < 1.29 is 4.79 Å². The number of benzene rings is 1. The highest BCUT2D eigenvalue weighted by molar-refractivity contribution is 6.00. The van der Waals surface area contributed by atoms with Gasteiger partial charge in [-0.2, -0.15) is 0 Å². The summed E-state index contributed by atoms with van der Waals surface area (Å²) in [6.07, 6.45) is 8.28. The molecule has 1 aliphatic rings. The molecule has 1 heteroatoms. The van der Waals surface area contributed by atoms with Gasteiger partial charge < -0.3 is 0 Å². The predicted molar refractivity (Wildman–Crippen MR) is 71.9 cm³/mol. The molecule has 0 bridgehead atoms. The van der Waals surface area contributed by atoms with Crippen molar-refractivity contribution in [1.29, 1.82) is 0 Å². The molecule has 0 N–H and O–H groups in total. The van der Waals surface area contributed by atoms with Crippen LogP contribution >= 0.6 is 0 Å². The van der Waals surface area contributed by atoms with Gasteiger partial charge >= 0.3 is 0 Å². The van der Waals surface area contributed by atoms with Crippen molar-refractivity contribution in [3.63, 3.8) is 0 Å². The standard InChI is InChI=1S/C16H20O/c1-2-6-13-7-5-8-14(11-13)12-15-9-3-4-10-16(15)17/h5,7-8,11-12H,2-4,6,9-10H2,1H3. The van der Waals surface area contributed by atoms with Crippen LogP contribution in [0.1, 0.15) is 50.2 Å². The zero-order chi connectivity index (χ0) is 12.1. The van der Waals surface area contributed by atoms with Crippen molar-refractivity contribution >= 4 is 11.9 Å². The number of aryl methyl sites for hydroxylation is 1. The average Bonchev–Trinajstić information content (AvgIpc) is 2.33. The Morgan fingerprint density at radius 1 is 1.24 bits per heavy atom. The van der Waals surface area contributed by atoms with Crippen LogP contribution in [0.4, 0.5) is 0 Å². The predicted octanol–water partition coefficient (Wildman–Crippen LogP) is 4.17. The van der Waals surface area contributed by atoms with E-state index in [1.54, 1.807) is 0 Å². The number of rotatable bonds is 3. The Hall–Kier alpha value is -1.37. The van der Waals surface area contributed by atoms with E-state index in [1.807, 2.05) is 0 Å². The van der Waals surface area contributed by atoms with E-state index < -0.39 is 0 Å². The molecule has 17 heavy (non-hydrogen) atoms. The van der Waals surface area contributed by atoms with E-state index >= 15 is 0 Å². The van der Waals surface area contributed by atoms with Gasteiger partial charge in [-0.1, -0.05) is 37.6 Å². The van der Waals surface area contributed by atoms with Crippen LogP contribution in [0.2, 0.25) is 0 Å². The SMILES string of the molecule is CCCc1cccc(C=C2CCCCC2=O)c1. The molecule has 0 amide bonds. The summed E-state index contributed by atoms with van der Waals surface area (Å²) < 4.78 is 0. The van der Waals surface area contributed by atoms with Gasteiger partial charge in [0.25, 0.3) is 0 Å². The number of hydrogen-bond donors (Lipinski definition) is 0. The first-order chi connectivity index (χ1) is 8.29. The van der Waals surface area contributed by atoms with E-state index in [1.165, 1.54) is 17.5 Å². The largest absolute Gasteiger partial charge is 0.295 e. The number of allylic oxidation sites excluding steroid dienone is 1. The van der Waals surface area contributed by atoms with Crippen LogP contribution in [-0.2, 0) is 11.2 Å². The monoisotopic (exact) mass is 228 g/mol. The fraction of sp³-hybridized carbons (Fsp3) is 0.438. The van der Waals surface area contributed by atoms with E-state index in [4.69, 9.17) is 0 Å². The molecule has 1 aromatic carbocycles. The lowest BCUT2D eigenvalue weighted by Crippen LogP contribution is -2.07. The number of hydrogen-bond acceptors (Lipinski definition) is 1. The lowest BCUT2D eigenvalue weighted by molar-refractivity contribution is -0.116. The first-order valence-electron chi connectivity index (χ1n) is 6.62. The Morgan fingerprint density at radius 3 is 2.82 bits per heavy atom. The van der Waals surface area contributed by atoms with E-state index in [0.29, 0.717) is 5.78 Å². The van der Waals surface area contributed by atoms with Crippen LogP contribution in [0, 0.1) is 0 Å². The minimum atomic E-state index is 0.345. The maximum atomic E-state index is 11.7. The molecule has 0 saturated heterocycles. The van der Waals surface area contributed by atoms with Gasteiger partial charge in [0, 0.05) is 6.42 Å². The highest BCUT2D eigenvalue weighted by atomic mass is 16.1. The Kier molecular flexibility index (Phi) is 4.13. The molecular formula is C16H20O. The summed E-state index contributed by atoms with van der Waals surface area (Å²) in [5.74, 6) is 0.345. The van der Waals surface area contributed by atoms with Crippen molar-refractivity contribution in [1.82, 2.24) is 0 Å².